The zero-order valence-electron chi connectivity index (χ0n) is 11.6. The van der Waals surface area contributed by atoms with E-state index in [2.05, 4.69) is 28.6 Å². The van der Waals surface area contributed by atoms with Gasteiger partial charge in [0.15, 0.2) is 0 Å². The Balaban J connectivity index is 1.97. The monoisotopic (exact) mass is 283 g/mol. The lowest BCUT2D eigenvalue weighted by Crippen LogP contribution is -2.47. The van der Waals surface area contributed by atoms with Crippen LogP contribution in [0.25, 0.3) is 0 Å². The summed E-state index contributed by atoms with van der Waals surface area (Å²) < 4.78 is 0. The van der Waals surface area contributed by atoms with E-state index < -0.39 is 0 Å². The molecule has 0 atom stereocenters. The van der Waals surface area contributed by atoms with Crippen molar-refractivity contribution in [2.75, 3.05) is 37.6 Å². The predicted molar refractivity (Wildman–Crippen MR) is 78.7 cm³/mol. The first-order chi connectivity index (χ1) is 9.10. The van der Waals surface area contributed by atoms with Gasteiger partial charge in [-0.25, -0.2) is 4.98 Å². The van der Waals surface area contributed by atoms with Crippen molar-refractivity contribution >= 4 is 17.4 Å². The van der Waals surface area contributed by atoms with Gasteiger partial charge in [-0.15, -0.1) is 0 Å². The number of halogens is 1. The van der Waals surface area contributed by atoms with Crippen LogP contribution in [0, 0.1) is 5.92 Å². The minimum Gasteiger partial charge on any atom is -0.392 e. The van der Waals surface area contributed by atoms with Crippen LogP contribution in [0.4, 0.5) is 5.82 Å². The van der Waals surface area contributed by atoms with Crippen molar-refractivity contribution in [3.8, 4) is 0 Å². The summed E-state index contributed by atoms with van der Waals surface area (Å²) >= 11 is 5.97. The van der Waals surface area contributed by atoms with E-state index in [0.29, 0.717) is 10.9 Å². The van der Waals surface area contributed by atoms with Crippen molar-refractivity contribution in [1.29, 1.82) is 0 Å². The number of hydrogen-bond acceptors (Lipinski definition) is 4. The van der Waals surface area contributed by atoms with Crippen LogP contribution in [0.15, 0.2) is 12.3 Å². The smallest absolute Gasteiger partial charge is 0.129 e. The van der Waals surface area contributed by atoms with E-state index >= 15 is 0 Å². The Bertz CT molecular complexity index is 417. The van der Waals surface area contributed by atoms with E-state index in [-0.39, 0.29) is 6.61 Å². The van der Waals surface area contributed by atoms with Gasteiger partial charge in [-0.05, 0) is 12.0 Å². The highest BCUT2D eigenvalue weighted by molar-refractivity contribution is 6.31. The van der Waals surface area contributed by atoms with E-state index in [0.717, 1.165) is 44.1 Å². The molecule has 2 heterocycles. The molecule has 0 amide bonds. The lowest BCUT2D eigenvalue weighted by atomic mass is 10.2. The molecule has 1 aromatic rings. The summed E-state index contributed by atoms with van der Waals surface area (Å²) in [6, 6.07) is 1.89. The van der Waals surface area contributed by atoms with Crippen molar-refractivity contribution in [2.45, 2.75) is 20.5 Å². The summed E-state index contributed by atoms with van der Waals surface area (Å²) in [5.41, 5.74) is 0.747. The Morgan fingerprint density at radius 1 is 1.32 bits per heavy atom. The lowest BCUT2D eigenvalue weighted by molar-refractivity contribution is 0.231. The zero-order valence-corrected chi connectivity index (χ0v) is 12.4. The molecule has 1 aromatic heterocycles. The standard InChI is InChI=1S/C14H22ClN3O/c1-11(2)9-17-3-5-18(6-4-17)14-7-12(10-19)13(15)8-16-14/h7-8,11,19H,3-6,9-10H2,1-2H3. The summed E-state index contributed by atoms with van der Waals surface area (Å²) in [7, 11) is 0. The third-order valence-corrected chi connectivity index (χ3v) is 3.75. The molecular weight excluding hydrogens is 262 g/mol. The minimum atomic E-state index is -0.0400. The van der Waals surface area contributed by atoms with Crippen LogP contribution in [0.1, 0.15) is 19.4 Å². The molecule has 106 valence electrons. The highest BCUT2D eigenvalue weighted by atomic mass is 35.5. The van der Waals surface area contributed by atoms with Gasteiger partial charge in [0.1, 0.15) is 5.82 Å². The number of rotatable bonds is 4. The van der Waals surface area contributed by atoms with E-state index in [9.17, 15) is 5.11 Å². The lowest BCUT2D eigenvalue weighted by Gasteiger charge is -2.36. The Labute approximate surface area is 120 Å². The fraction of sp³-hybridized carbons (Fsp3) is 0.643. The van der Waals surface area contributed by atoms with Gasteiger partial charge in [-0.3, -0.25) is 4.90 Å². The van der Waals surface area contributed by atoms with Crippen molar-refractivity contribution in [3.05, 3.63) is 22.8 Å². The number of hydrogen-bond donors (Lipinski definition) is 1. The van der Waals surface area contributed by atoms with Gasteiger partial charge >= 0.3 is 0 Å². The SMILES string of the molecule is CC(C)CN1CCN(c2cc(CO)c(Cl)cn2)CC1. The van der Waals surface area contributed by atoms with Gasteiger partial charge in [0.05, 0.1) is 11.6 Å². The highest BCUT2D eigenvalue weighted by Gasteiger charge is 2.19. The molecular formula is C14H22ClN3O. The Kier molecular flexibility index (Phi) is 5.02. The summed E-state index contributed by atoms with van der Waals surface area (Å²) in [5.74, 6) is 1.62. The van der Waals surface area contributed by atoms with Crippen LogP contribution in [0.5, 0.6) is 0 Å². The molecule has 0 spiro atoms. The second-order valence-corrected chi connectivity index (χ2v) is 5.88. The molecule has 1 aliphatic rings. The molecule has 0 aliphatic carbocycles. The van der Waals surface area contributed by atoms with E-state index in [1.807, 2.05) is 6.07 Å². The quantitative estimate of drug-likeness (QED) is 0.918. The van der Waals surface area contributed by atoms with Gasteiger partial charge in [-0.1, -0.05) is 25.4 Å². The first-order valence-corrected chi connectivity index (χ1v) is 7.20. The van der Waals surface area contributed by atoms with Gasteiger partial charge in [0.25, 0.3) is 0 Å². The van der Waals surface area contributed by atoms with Gasteiger partial charge in [-0.2, -0.15) is 0 Å². The van der Waals surface area contributed by atoms with Gasteiger partial charge in [0, 0.05) is 44.5 Å². The third-order valence-electron chi connectivity index (χ3n) is 3.41. The third kappa shape index (κ3) is 3.81. The largest absolute Gasteiger partial charge is 0.392 e. The molecule has 0 radical (unpaired) electrons. The van der Waals surface area contributed by atoms with Crippen LogP contribution >= 0.6 is 11.6 Å². The average Bonchev–Trinajstić information content (AvgIpc) is 2.40. The maximum atomic E-state index is 9.24. The number of anilines is 1. The van der Waals surface area contributed by atoms with E-state index in [1.54, 1.807) is 6.20 Å². The van der Waals surface area contributed by atoms with Crippen LogP contribution in [-0.4, -0.2) is 47.7 Å². The molecule has 0 aromatic carbocycles. The molecule has 1 aliphatic heterocycles. The van der Waals surface area contributed by atoms with Crippen LogP contribution in [0.2, 0.25) is 5.02 Å². The molecule has 5 heteroatoms. The predicted octanol–water partition coefficient (Wildman–Crippen LogP) is 2.01. The average molecular weight is 284 g/mol. The Hall–Kier alpha value is -0.840. The molecule has 1 N–H and O–H groups in total. The Morgan fingerprint density at radius 3 is 2.58 bits per heavy atom. The number of piperazine rings is 1. The first kappa shape index (κ1) is 14.6. The fourth-order valence-corrected chi connectivity index (χ4v) is 2.60. The fourth-order valence-electron chi connectivity index (χ4n) is 2.44. The minimum absolute atomic E-state index is 0.0400. The van der Waals surface area contributed by atoms with Crippen molar-refractivity contribution in [2.24, 2.45) is 5.92 Å². The molecule has 4 nitrogen and oxygen atoms in total. The van der Waals surface area contributed by atoms with E-state index in [4.69, 9.17) is 11.6 Å². The molecule has 1 saturated heterocycles. The molecule has 2 rings (SSSR count). The topological polar surface area (TPSA) is 39.6 Å². The summed E-state index contributed by atoms with van der Waals surface area (Å²) in [5, 5.41) is 9.78. The van der Waals surface area contributed by atoms with Gasteiger partial charge < -0.3 is 10.0 Å². The summed E-state index contributed by atoms with van der Waals surface area (Å²) in [6.07, 6.45) is 1.63. The van der Waals surface area contributed by atoms with Crippen LogP contribution < -0.4 is 4.90 Å². The number of aliphatic hydroxyl groups excluding tert-OH is 1. The highest BCUT2D eigenvalue weighted by Crippen LogP contribution is 2.21. The maximum absolute atomic E-state index is 9.24. The molecule has 19 heavy (non-hydrogen) atoms. The Morgan fingerprint density at radius 2 is 2.00 bits per heavy atom. The van der Waals surface area contributed by atoms with Crippen LogP contribution in [-0.2, 0) is 6.61 Å². The van der Waals surface area contributed by atoms with E-state index in [1.165, 1.54) is 0 Å². The second kappa shape index (κ2) is 6.55. The normalized spacial score (nSPS) is 17.2. The number of aromatic nitrogens is 1. The molecule has 0 unspecified atom stereocenters. The first-order valence-electron chi connectivity index (χ1n) is 6.82. The van der Waals surface area contributed by atoms with Gasteiger partial charge in [0.2, 0.25) is 0 Å². The van der Waals surface area contributed by atoms with Crippen molar-refractivity contribution in [1.82, 2.24) is 9.88 Å². The second-order valence-electron chi connectivity index (χ2n) is 5.47. The maximum Gasteiger partial charge on any atom is 0.129 e. The van der Waals surface area contributed by atoms with Crippen molar-refractivity contribution < 1.29 is 5.11 Å². The van der Waals surface area contributed by atoms with Crippen molar-refractivity contribution in [3.63, 3.8) is 0 Å². The molecule has 1 fully saturated rings. The molecule has 0 saturated carbocycles. The zero-order chi connectivity index (χ0) is 13.8. The number of aliphatic hydroxyl groups is 1. The summed E-state index contributed by atoms with van der Waals surface area (Å²) in [6.45, 7) is 9.71. The molecule has 0 bridgehead atoms. The number of nitrogens with zero attached hydrogens (tertiary/aromatic N) is 3. The van der Waals surface area contributed by atoms with Crippen LogP contribution in [0.3, 0.4) is 0 Å². The summed E-state index contributed by atoms with van der Waals surface area (Å²) in [4.78, 5) is 9.11. The number of pyridine rings is 1.